The van der Waals surface area contributed by atoms with E-state index in [2.05, 4.69) is 36.4 Å². The summed E-state index contributed by atoms with van der Waals surface area (Å²) in [6.07, 6.45) is 1.51. The van der Waals surface area contributed by atoms with Gasteiger partial charge in [-0.3, -0.25) is 9.78 Å². The topological polar surface area (TPSA) is 99.6 Å². The first-order valence-corrected chi connectivity index (χ1v) is 6.72. The number of rotatable bonds is 4. The molecule has 0 unspecified atom stereocenters. The largest absolute Gasteiger partial charge is 0.503 e. The Labute approximate surface area is 128 Å². The first-order chi connectivity index (χ1) is 9.99. The summed E-state index contributed by atoms with van der Waals surface area (Å²) >= 11 is 3.22. The van der Waals surface area contributed by atoms with Crippen molar-refractivity contribution in [2.75, 3.05) is 12.5 Å². The molecule has 0 amide bonds. The Kier molecular flexibility index (Phi) is 4.59. The number of anilines is 1. The minimum Gasteiger partial charge on any atom is -0.503 e. The van der Waals surface area contributed by atoms with Crippen LogP contribution in [0, 0.1) is 6.92 Å². The molecule has 0 spiro atoms. The lowest BCUT2D eigenvalue weighted by Crippen LogP contribution is -2.10. The van der Waals surface area contributed by atoms with E-state index in [9.17, 15) is 9.90 Å². The van der Waals surface area contributed by atoms with Gasteiger partial charge in [-0.1, -0.05) is 0 Å². The van der Waals surface area contributed by atoms with Gasteiger partial charge in [-0.25, -0.2) is 10.4 Å². The molecule has 0 aliphatic carbocycles. The van der Waals surface area contributed by atoms with Crippen molar-refractivity contribution < 1.29 is 9.84 Å². The highest BCUT2D eigenvalue weighted by Gasteiger charge is 2.07. The number of aryl methyl sites for hydroxylation is 1. The number of hydrogen-bond acceptors (Lipinski definition) is 6. The van der Waals surface area contributed by atoms with E-state index in [1.54, 1.807) is 19.1 Å². The van der Waals surface area contributed by atoms with Crippen LogP contribution in [0.15, 0.2) is 32.6 Å². The lowest BCUT2D eigenvalue weighted by molar-refractivity contribution is 0.372. The summed E-state index contributed by atoms with van der Waals surface area (Å²) < 4.78 is 5.53. The van der Waals surface area contributed by atoms with Gasteiger partial charge in [-0.15, -0.1) is 0 Å². The number of hydrazone groups is 1. The normalized spacial score (nSPS) is 10.8. The number of methoxy groups -OCH3 is 1. The third-order valence-electron chi connectivity index (χ3n) is 2.52. The van der Waals surface area contributed by atoms with Gasteiger partial charge in [0.1, 0.15) is 0 Å². The van der Waals surface area contributed by atoms with E-state index < -0.39 is 0 Å². The number of H-pyrrole nitrogens is 1. The summed E-state index contributed by atoms with van der Waals surface area (Å²) in [7, 11) is 1.46. The highest BCUT2D eigenvalue weighted by atomic mass is 79.9. The molecule has 0 bridgehead atoms. The number of ether oxygens (including phenoxy) is 1. The van der Waals surface area contributed by atoms with Gasteiger partial charge in [0.15, 0.2) is 11.5 Å². The lowest BCUT2D eigenvalue weighted by Gasteiger charge is -2.06. The Hall–Kier alpha value is -2.35. The van der Waals surface area contributed by atoms with Gasteiger partial charge in [-0.05, 0) is 40.5 Å². The molecule has 1 aromatic heterocycles. The van der Waals surface area contributed by atoms with Crippen molar-refractivity contribution >= 4 is 28.1 Å². The van der Waals surface area contributed by atoms with E-state index in [0.29, 0.717) is 21.5 Å². The maximum atomic E-state index is 11.3. The van der Waals surface area contributed by atoms with Crippen molar-refractivity contribution in [1.82, 2.24) is 9.97 Å². The second-order valence-electron chi connectivity index (χ2n) is 4.16. The number of phenols is 1. The number of benzene rings is 1. The highest BCUT2D eigenvalue weighted by Crippen LogP contribution is 2.34. The fraction of sp³-hybridized carbons (Fsp3) is 0.154. The van der Waals surface area contributed by atoms with Crippen molar-refractivity contribution in [2.24, 2.45) is 5.10 Å². The maximum absolute atomic E-state index is 11.3. The molecule has 0 atom stereocenters. The van der Waals surface area contributed by atoms with E-state index >= 15 is 0 Å². The number of nitrogens with zero attached hydrogens (tertiary/aromatic N) is 2. The zero-order valence-corrected chi connectivity index (χ0v) is 12.9. The number of hydrogen-bond donors (Lipinski definition) is 3. The molecular formula is C13H13BrN4O3. The van der Waals surface area contributed by atoms with Crippen LogP contribution < -0.4 is 15.7 Å². The molecule has 21 heavy (non-hydrogen) atoms. The molecule has 7 nitrogen and oxygen atoms in total. The van der Waals surface area contributed by atoms with Gasteiger partial charge < -0.3 is 9.84 Å². The first kappa shape index (κ1) is 15.0. The predicted octanol–water partition coefficient (Wildman–Crippen LogP) is 2.00. The first-order valence-electron chi connectivity index (χ1n) is 5.93. The molecule has 2 aromatic rings. The average molecular weight is 353 g/mol. The fourth-order valence-corrected chi connectivity index (χ4v) is 2.08. The second kappa shape index (κ2) is 6.40. The SMILES string of the molecule is COc1cc(C=NNc2nc(C)cc(=O)[nH]2)cc(Br)c1O. The predicted molar refractivity (Wildman–Crippen MR) is 83.2 cm³/mol. The Morgan fingerprint density at radius 2 is 2.24 bits per heavy atom. The van der Waals surface area contributed by atoms with Crippen molar-refractivity contribution in [3.05, 3.63) is 44.3 Å². The Balaban J connectivity index is 2.18. The molecule has 0 aliphatic heterocycles. The molecule has 0 fully saturated rings. The van der Waals surface area contributed by atoms with E-state index in [1.165, 1.54) is 19.4 Å². The van der Waals surface area contributed by atoms with Gasteiger partial charge in [-0.2, -0.15) is 5.10 Å². The molecule has 0 aliphatic rings. The number of aromatic hydroxyl groups is 1. The van der Waals surface area contributed by atoms with Crippen LogP contribution in [-0.2, 0) is 0 Å². The molecule has 110 valence electrons. The van der Waals surface area contributed by atoms with Crippen LogP contribution in [0.2, 0.25) is 0 Å². The van der Waals surface area contributed by atoms with Gasteiger partial charge in [0.25, 0.3) is 5.56 Å². The van der Waals surface area contributed by atoms with Gasteiger partial charge in [0, 0.05) is 11.8 Å². The van der Waals surface area contributed by atoms with E-state index in [1.807, 2.05) is 0 Å². The van der Waals surface area contributed by atoms with E-state index in [4.69, 9.17) is 4.74 Å². The zero-order valence-electron chi connectivity index (χ0n) is 11.3. The summed E-state index contributed by atoms with van der Waals surface area (Å²) in [5, 5.41) is 13.7. The van der Waals surface area contributed by atoms with Crippen LogP contribution in [0.25, 0.3) is 0 Å². The van der Waals surface area contributed by atoms with Gasteiger partial charge in [0.05, 0.1) is 17.8 Å². The number of halogens is 1. The fourth-order valence-electron chi connectivity index (χ4n) is 1.62. The van der Waals surface area contributed by atoms with Crippen LogP contribution in [0.3, 0.4) is 0 Å². The molecule has 2 rings (SSSR count). The lowest BCUT2D eigenvalue weighted by atomic mass is 10.2. The second-order valence-corrected chi connectivity index (χ2v) is 5.01. The zero-order chi connectivity index (χ0) is 15.4. The Morgan fingerprint density at radius 3 is 2.90 bits per heavy atom. The minimum absolute atomic E-state index is 0.0206. The number of aromatic amines is 1. The van der Waals surface area contributed by atoms with Crippen LogP contribution in [0.4, 0.5) is 5.95 Å². The van der Waals surface area contributed by atoms with Crippen LogP contribution in [0.5, 0.6) is 11.5 Å². The third kappa shape index (κ3) is 3.82. The molecule has 1 aromatic carbocycles. The van der Waals surface area contributed by atoms with Crippen LogP contribution in [-0.4, -0.2) is 28.4 Å². The Bertz CT molecular complexity index is 743. The quantitative estimate of drug-likeness (QED) is 0.577. The van der Waals surface area contributed by atoms with Gasteiger partial charge >= 0.3 is 0 Å². The van der Waals surface area contributed by atoms with Crippen LogP contribution in [0.1, 0.15) is 11.3 Å². The average Bonchev–Trinajstić information content (AvgIpc) is 2.41. The van der Waals surface area contributed by atoms with Crippen molar-refractivity contribution in [1.29, 1.82) is 0 Å². The summed E-state index contributed by atoms with van der Waals surface area (Å²) in [6, 6.07) is 4.68. The van der Waals surface area contributed by atoms with E-state index in [0.717, 1.165) is 0 Å². The van der Waals surface area contributed by atoms with Crippen molar-refractivity contribution in [2.45, 2.75) is 6.92 Å². The summed E-state index contributed by atoms with van der Waals surface area (Å²) in [5.41, 5.74) is 3.66. The smallest absolute Gasteiger partial charge is 0.252 e. The third-order valence-corrected chi connectivity index (χ3v) is 3.13. The standard InChI is InChI=1S/C13H13BrN4O3/c1-7-3-11(19)17-13(16-7)18-15-6-8-4-9(14)12(20)10(5-8)21-2/h3-6,20H,1-2H3,(H2,16,17,18,19). The number of phenolic OH excluding ortho intramolecular Hbond substituents is 1. The maximum Gasteiger partial charge on any atom is 0.252 e. The number of nitrogens with one attached hydrogen (secondary N) is 2. The van der Waals surface area contributed by atoms with Gasteiger partial charge in [0.2, 0.25) is 5.95 Å². The van der Waals surface area contributed by atoms with E-state index in [-0.39, 0.29) is 17.3 Å². The molecule has 3 N–H and O–H groups in total. The van der Waals surface area contributed by atoms with Crippen molar-refractivity contribution in [3.63, 3.8) is 0 Å². The van der Waals surface area contributed by atoms with Crippen molar-refractivity contribution in [3.8, 4) is 11.5 Å². The monoisotopic (exact) mass is 352 g/mol. The molecule has 0 saturated heterocycles. The molecule has 0 saturated carbocycles. The molecular weight excluding hydrogens is 340 g/mol. The summed E-state index contributed by atoms with van der Waals surface area (Å²) in [6.45, 7) is 1.71. The molecule has 0 radical (unpaired) electrons. The highest BCUT2D eigenvalue weighted by molar-refractivity contribution is 9.10. The van der Waals surface area contributed by atoms with Crippen LogP contribution >= 0.6 is 15.9 Å². The minimum atomic E-state index is -0.255. The summed E-state index contributed by atoms with van der Waals surface area (Å²) in [4.78, 5) is 17.9. The molecule has 1 heterocycles. The summed E-state index contributed by atoms with van der Waals surface area (Å²) in [5.74, 6) is 0.598. The number of aromatic nitrogens is 2. The Morgan fingerprint density at radius 1 is 1.48 bits per heavy atom. The molecule has 8 heteroatoms.